The topological polar surface area (TPSA) is 26.3 Å². The number of hydrogen-bond acceptors (Lipinski definition) is 2. The Balaban J connectivity index is 1.88. The molecule has 3 rings (SSSR count). The number of hydrogen-bond donors (Lipinski definition) is 0. The van der Waals surface area contributed by atoms with Gasteiger partial charge < -0.3 is 4.74 Å². The summed E-state index contributed by atoms with van der Waals surface area (Å²) >= 11 is 0. The van der Waals surface area contributed by atoms with Gasteiger partial charge in [-0.3, -0.25) is 0 Å². The largest absolute Gasteiger partial charge is 0.466 e. The van der Waals surface area contributed by atoms with E-state index in [2.05, 4.69) is 35.1 Å². The van der Waals surface area contributed by atoms with Crippen LogP contribution in [0.5, 0.6) is 0 Å². The highest BCUT2D eigenvalue weighted by Gasteiger charge is 2.36. The molecule has 0 spiro atoms. The number of rotatable bonds is 3. The molecule has 0 heterocycles. The predicted molar refractivity (Wildman–Crippen MR) is 75.6 cm³/mol. The summed E-state index contributed by atoms with van der Waals surface area (Å²) < 4.78 is 4.65. The first-order chi connectivity index (χ1) is 9.28. The molecular formula is C17H18O2. The zero-order valence-corrected chi connectivity index (χ0v) is 11.1. The van der Waals surface area contributed by atoms with Crippen molar-refractivity contribution in [3.63, 3.8) is 0 Å². The number of methoxy groups -OCH3 is 1. The molecular weight excluding hydrogens is 236 g/mol. The summed E-state index contributed by atoms with van der Waals surface area (Å²) in [5, 5.41) is 0. The van der Waals surface area contributed by atoms with Crippen LogP contribution in [0, 0.1) is 11.8 Å². The van der Waals surface area contributed by atoms with Crippen LogP contribution in [0.15, 0.2) is 42.5 Å². The number of carbonyl (C=O) groups excluding carboxylic acids is 1. The molecule has 0 N–H and O–H groups in total. The number of allylic oxidation sites excluding steroid dienone is 2. The molecule has 2 aliphatic carbocycles. The van der Waals surface area contributed by atoms with Crippen LogP contribution in [0.3, 0.4) is 0 Å². The fraction of sp³-hybridized carbons (Fsp3) is 0.353. The third kappa shape index (κ3) is 2.35. The lowest BCUT2D eigenvalue weighted by Crippen LogP contribution is -2.06. The van der Waals surface area contributed by atoms with Crippen LogP contribution in [-0.4, -0.2) is 13.1 Å². The molecule has 2 heteroatoms. The second-order valence-electron chi connectivity index (χ2n) is 5.37. The third-order valence-electron chi connectivity index (χ3n) is 4.27. The smallest absolute Gasteiger partial charge is 0.330 e. The Bertz CT molecular complexity index is 542. The monoisotopic (exact) mass is 254 g/mol. The van der Waals surface area contributed by atoms with Crippen LogP contribution in [-0.2, 0) is 9.53 Å². The molecule has 1 saturated carbocycles. The molecule has 3 atom stereocenters. The molecule has 3 unspecified atom stereocenters. The number of carbonyl (C=O) groups is 1. The molecule has 2 bridgehead atoms. The van der Waals surface area contributed by atoms with Gasteiger partial charge in [-0.1, -0.05) is 36.4 Å². The molecule has 0 aliphatic heterocycles. The van der Waals surface area contributed by atoms with Crippen LogP contribution in [0.4, 0.5) is 0 Å². The van der Waals surface area contributed by atoms with Gasteiger partial charge in [0.15, 0.2) is 0 Å². The Morgan fingerprint density at radius 3 is 2.79 bits per heavy atom. The fourth-order valence-electron chi connectivity index (χ4n) is 3.36. The molecule has 0 amide bonds. The molecule has 1 fully saturated rings. The van der Waals surface area contributed by atoms with E-state index in [0.717, 1.165) is 11.5 Å². The van der Waals surface area contributed by atoms with Gasteiger partial charge >= 0.3 is 5.97 Å². The SMILES string of the molecule is COC(=O)C=Cc1ccccc1C1CC2C=CC1C2. The summed E-state index contributed by atoms with van der Waals surface area (Å²) in [7, 11) is 1.40. The summed E-state index contributed by atoms with van der Waals surface area (Å²) in [5.41, 5.74) is 2.50. The van der Waals surface area contributed by atoms with Crippen LogP contribution >= 0.6 is 0 Å². The van der Waals surface area contributed by atoms with E-state index in [1.807, 2.05) is 12.1 Å². The minimum atomic E-state index is -0.303. The summed E-state index contributed by atoms with van der Waals surface area (Å²) in [4.78, 5) is 11.2. The lowest BCUT2D eigenvalue weighted by molar-refractivity contribution is -0.134. The van der Waals surface area contributed by atoms with Crippen molar-refractivity contribution in [1.82, 2.24) is 0 Å². The molecule has 1 aromatic rings. The van der Waals surface area contributed by atoms with Crippen molar-refractivity contribution in [2.45, 2.75) is 18.8 Å². The minimum absolute atomic E-state index is 0.303. The molecule has 2 nitrogen and oxygen atoms in total. The van der Waals surface area contributed by atoms with Gasteiger partial charge in [-0.2, -0.15) is 0 Å². The Morgan fingerprint density at radius 1 is 1.26 bits per heavy atom. The first-order valence-electron chi connectivity index (χ1n) is 6.81. The Morgan fingerprint density at radius 2 is 2.11 bits per heavy atom. The highest BCUT2D eigenvalue weighted by molar-refractivity contribution is 5.87. The second kappa shape index (κ2) is 5.04. The Kier molecular flexibility index (Phi) is 3.24. The average Bonchev–Trinajstić information content (AvgIpc) is 3.07. The maximum Gasteiger partial charge on any atom is 0.330 e. The number of fused-ring (bicyclic) bond motifs is 2. The van der Waals surface area contributed by atoms with Gasteiger partial charge in [0.25, 0.3) is 0 Å². The lowest BCUT2D eigenvalue weighted by Gasteiger charge is -2.20. The van der Waals surface area contributed by atoms with Crippen LogP contribution < -0.4 is 0 Å². The average molecular weight is 254 g/mol. The molecule has 0 saturated heterocycles. The normalized spacial score (nSPS) is 28.2. The van der Waals surface area contributed by atoms with Crippen LogP contribution in [0.1, 0.15) is 29.9 Å². The van der Waals surface area contributed by atoms with E-state index >= 15 is 0 Å². The Hall–Kier alpha value is -1.83. The lowest BCUT2D eigenvalue weighted by atomic mass is 9.84. The van der Waals surface area contributed by atoms with E-state index in [9.17, 15) is 4.79 Å². The van der Waals surface area contributed by atoms with Crippen molar-refractivity contribution in [3.05, 3.63) is 53.6 Å². The second-order valence-corrected chi connectivity index (χ2v) is 5.37. The summed E-state index contributed by atoms with van der Waals surface area (Å²) in [6.07, 6.45) is 10.6. The first-order valence-corrected chi connectivity index (χ1v) is 6.81. The molecule has 19 heavy (non-hydrogen) atoms. The zero-order chi connectivity index (χ0) is 13.2. The molecule has 1 aromatic carbocycles. The van der Waals surface area contributed by atoms with Crippen molar-refractivity contribution in [3.8, 4) is 0 Å². The van der Waals surface area contributed by atoms with Gasteiger partial charge in [-0.15, -0.1) is 0 Å². The molecule has 0 aromatic heterocycles. The Labute approximate surface area is 113 Å². The predicted octanol–water partition coefficient (Wildman–Crippen LogP) is 3.55. The number of esters is 1. The molecule has 0 radical (unpaired) electrons. The van der Waals surface area contributed by atoms with E-state index in [-0.39, 0.29) is 5.97 Å². The van der Waals surface area contributed by atoms with E-state index < -0.39 is 0 Å². The van der Waals surface area contributed by atoms with Crippen LogP contribution in [0.25, 0.3) is 6.08 Å². The maximum atomic E-state index is 11.2. The summed E-state index contributed by atoms with van der Waals surface area (Å²) in [6, 6.07) is 8.37. The van der Waals surface area contributed by atoms with Gasteiger partial charge in [-0.25, -0.2) is 4.79 Å². The van der Waals surface area contributed by atoms with Gasteiger partial charge in [0.1, 0.15) is 0 Å². The minimum Gasteiger partial charge on any atom is -0.466 e. The standard InChI is InChI=1S/C17H18O2/c1-19-17(18)9-8-13-4-2-3-5-15(13)16-11-12-6-7-14(16)10-12/h2-9,12,14,16H,10-11H2,1H3. The zero-order valence-electron chi connectivity index (χ0n) is 11.1. The maximum absolute atomic E-state index is 11.2. The van der Waals surface area contributed by atoms with E-state index in [0.29, 0.717) is 11.8 Å². The first kappa shape index (κ1) is 12.2. The third-order valence-corrected chi connectivity index (χ3v) is 4.27. The quantitative estimate of drug-likeness (QED) is 0.468. The van der Waals surface area contributed by atoms with Gasteiger partial charge in [-0.05, 0) is 47.8 Å². The van der Waals surface area contributed by atoms with Crippen molar-refractivity contribution in [1.29, 1.82) is 0 Å². The number of ether oxygens (including phenoxy) is 1. The summed E-state index contributed by atoms with van der Waals surface area (Å²) in [6.45, 7) is 0. The van der Waals surface area contributed by atoms with Gasteiger partial charge in [0.2, 0.25) is 0 Å². The van der Waals surface area contributed by atoms with Gasteiger partial charge in [0.05, 0.1) is 7.11 Å². The highest BCUT2D eigenvalue weighted by atomic mass is 16.5. The molecule has 98 valence electrons. The van der Waals surface area contributed by atoms with E-state index in [1.54, 1.807) is 0 Å². The van der Waals surface area contributed by atoms with E-state index in [4.69, 9.17) is 0 Å². The molecule has 2 aliphatic rings. The van der Waals surface area contributed by atoms with Crippen molar-refractivity contribution in [2.75, 3.05) is 7.11 Å². The van der Waals surface area contributed by atoms with Crippen molar-refractivity contribution in [2.24, 2.45) is 11.8 Å². The summed E-state index contributed by atoms with van der Waals surface area (Å²) in [5.74, 6) is 1.74. The fourth-order valence-corrected chi connectivity index (χ4v) is 3.36. The number of benzene rings is 1. The van der Waals surface area contributed by atoms with Crippen molar-refractivity contribution >= 4 is 12.0 Å². The van der Waals surface area contributed by atoms with E-state index in [1.165, 1.54) is 31.6 Å². The highest BCUT2D eigenvalue weighted by Crippen LogP contribution is 2.49. The van der Waals surface area contributed by atoms with Crippen molar-refractivity contribution < 1.29 is 9.53 Å². The van der Waals surface area contributed by atoms with Gasteiger partial charge in [0, 0.05) is 6.08 Å². The van der Waals surface area contributed by atoms with Crippen LogP contribution in [0.2, 0.25) is 0 Å².